The lowest BCUT2D eigenvalue weighted by molar-refractivity contribution is -0.0809. The zero-order valence-electron chi connectivity index (χ0n) is 13.1. The standard InChI is InChI=1S/C16H23N3O3/c1-18(2)16(20)19-10-14(15-13(19)6-4-8-21-15)22-11-12-5-3-7-17-9-12/h3,5,7,9,13-15H,4,6,8,10-11H2,1-2H3/t13-,14+,15-/m0/s1. The molecule has 1 aromatic heterocycles. The SMILES string of the molecule is CN(C)C(=O)N1C[C@@H](OCc2cccnc2)[C@H]2OCCC[C@@H]21. The average Bonchev–Trinajstić information content (AvgIpc) is 2.92. The second-order valence-corrected chi connectivity index (χ2v) is 6.09. The first kappa shape index (κ1) is 15.2. The van der Waals surface area contributed by atoms with Crippen LogP contribution in [0, 0.1) is 0 Å². The van der Waals surface area contributed by atoms with Crippen LogP contribution in [0.15, 0.2) is 24.5 Å². The molecule has 22 heavy (non-hydrogen) atoms. The van der Waals surface area contributed by atoms with E-state index in [-0.39, 0.29) is 24.3 Å². The minimum Gasteiger partial charge on any atom is -0.373 e. The summed E-state index contributed by atoms with van der Waals surface area (Å²) in [6.07, 6.45) is 5.43. The number of amides is 2. The second-order valence-electron chi connectivity index (χ2n) is 6.09. The molecule has 0 spiro atoms. The predicted molar refractivity (Wildman–Crippen MR) is 81.4 cm³/mol. The summed E-state index contributed by atoms with van der Waals surface area (Å²) < 4.78 is 12.0. The Kier molecular flexibility index (Phi) is 4.59. The minimum atomic E-state index is -0.0746. The summed E-state index contributed by atoms with van der Waals surface area (Å²) in [6.45, 7) is 1.83. The van der Waals surface area contributed by atoms with Crippen LogP contribution in [-0.2, 0) is 16.1 Å². The third kappa shape index (κ3) is 3.08. The Morgan fingerprint density at radius 2 is 2.41 bits per heavy atom. The van der Waals surface area contributed by atoms with Crippen molar-refractivity contribution >= 4 is 6.03 Å². The number of nitrogens with zero attached hydrogens (tertiary/aromatic N) is 3. The van der Waals surface area contributed by atoms with Crippen molar-refractivity contribution in [2.24, 2.45) is 0 Å². The van der Waals surface area contributed by atoms with E-state index in [4.69, 9.17) is 9.47 Å². The van der Waals surface area contributed by atoms with Crippen LogP contribution in [0.4, 0.5) is 4.79 Å². The van der Waals surface area contributed by atoms with Crippen LogP contribution in [0.3, 0.4) is 0 Å². The van der Waals surface area contributed by atoms with Gasteiger partial charge in [-0.1, -0.05) is 6.07 Å². The van der Waals surface area contributed by atoms with E-state index in [1.54, 1.807) is 31.4 Å². The van der Waals surface area contributed by atoms with Gasteiger partial charge in [-0.15, -0.1) is 0 Å². The fraction of sp³-hybridized carbons (Fsp3) is 0.625. The first-order chi connectivity index (χ1) is 10.7. The monoisotopic (exact) mass is 305 g/mol. The molecule has 3 rings (SSSR count). The summed E-state index contributed by atoms with van der Waals surface area (Å²) >= 11 is 0. The fourth-order valence-electron chi connectivity index (χ4n) is 3.22. The maximum atomic E-state index is 12.4. The molecule has 2 amide bonds. The smallest absolute Gasteiger partial charge is 0.319 e. The molecule has 120 valence electrons. The Labute approximate surface area is 131 Å². The summed E-state index contributed by atoms with van der Waals surface area (Å²) in [4.78, 5) is 20.0. The minimum absolute atomic E-state index is 0.0191. The van der Waals surface area contributed by atoms with Crippen LogP contribution < -0.4 is 0 Å². The number of carbonyl (C=O) groups is 1. The number of fused-ring (bicyclic) bond motifs is 1. The topological polar surface area (TPSA) is 54.9 Å². The zero-order chi connectivity index (χ0) is 15.5. The maximum Gasteiger partial charge on any atom is 0.319 e. The molecule has 6 heteroatoms. The number of ether oxygens (including phenoxy) is 2. The van der Waals surface area contributed by atoms with Crippen molar-refractivity contribution in [2.75, 3.05) is 27.2 Å². The Balaban J connectivity index is 1.67. The zero-order valence-corrected chi connectivity index (χ0v) is 13.1. The Bertz CT molecular complexity index is 509. The highest BCUT2D eigenvalue weighted by Crippen LogP contribution is 2.31. The molecule has 2 aliphatic heterocycles. The van der Waals surface area contributed by atoms with Gasteiger partial charge in [0.2, 0.25) is 0 Å². The molecule has 3 heterocycles. The van der Waals surface area contributed by atoms with Crippen molar-refractivity contribution in [1.82, 2.24) is 14.8 Å². The summed E-state index contributed by atoms with van der Waals surface area (Å²) in [5.74, 6) is 0. The molecule has 1 aromatic rings. The van der Waals surface area contributed by atoms with Crippen molar-refractivity contribution < 1.29 is 14.3 Å². The van der Waals surface area contributed by atoms with Crippen LogP contribution in [0.1, 0.15) is 18.4 Å². The highest BCUT2D eigenvalue weighted by molar-refractivity contribution is 5.74. The number of rotatable bonds is 3. The number of aromatic nitrogens is 1. The lowest BCUT2D eigenvalue weighted by Crippen LogP contribution is -2.47. The van der Waals surface area contributed by atoms with E-state index in [1.807, 2.05) is 17.0 Å². The molecule has 2 saturated heterocycles. The van der Waals surface area contributed by atoms with Crippen molar-refractivity contribution in [2.45, 2.75) is 37.7 Å². The van der Waals surface area contributed by atoms with Gasteiger partial charge < -0.3 is 19.3 Å². The third-order valence-electron chi connectivity index (χ3n) is 4.29. The summed E-state index contributed by atoms with van der Waals surface area (Å²) in [7, 11) is 3.57. The van der Waals surface area contributed by atoms with Gasteiger partial charge in [-0.05, 0) is 24.5 Å². The number of urea groups is 1. The lowest BCUT2D eigenvalue weighted by Gasteiger charge is -2.33. The van der Waals surface area contributed by atoms with Crippen LogP contribution >= 0.6 is 0 Å². The number of hydrogen-bond donors (Lipinski definition) is 0. The van der Waals surface area contributed by atoms with E-state index < -0.39 is 0 Å². The largest absolute Gasteiger partial charge is 0.373 e. The van der Waals surface area contributed by atoms with Gasteiger partial charge in [0, 0.05) is 33.1 Å². The van der Waals surface area contributed by atoms with Crippen molar-refractivity contribution in [1.29, 1.82) is 0 Å². The van der Waals surface area contributed by atoms with Crippen molar-refractivity contribution in [3.8, 4) is 0 Å². The first-order valence-corrected chi connectivity index (χ1v) is 7.77. The van der Waals surface area contributed by atoms with Crippen LogP contribution in [0.2, 0.25) is 0 Å². The molecule has 6 nitrogen and oxygen atoms in total. The van der Waals surface area contributed by atoms with E-state index in [0.29, 0.717) is 13.2 Å². The summed E-state index contributed by atoms with van der Waals surface area (Å²) in [5.41, 5.74) is 1.03. The van der Waals surface area contributed by atoms with E-state index in [2.05, 4.69) is 4.98 Å². The number of likely N-dealkylation sites (tertiary alicyclic amines) is 1. The Morgan fingerprint density at radius 3 is 3.14 bits per heavy atom. The molecular formula is C16H23N3O3. The van der Waals surface area contributed by atoms with Gasteiger partial charge in [0.25, 0.3) is 0 Å². The van der Waals surface area contributed by atoms with E-state index in [9.17, 15) is 4.79 Å². The molecule has 0 aliphatic carbocycles. The van der Waals surface area contributed by atoms with Crippen LogP contribution in [-0.4, -0.2) is 66.3 Å². The number of carbonyl (C=O) groups excluding carboxylic acids is 1. The van der Waals surface area contributed by atoms with Crippen LogP contribution in [0.5, 0.6) is 0 Å². The third-order valence-corrected chi connectivity index (χ3v) is 4.29. The molecule has 0 radical (unpaired) electrons. The maximum absolute atomic E-state index is 12.4. The van der Waals surface area contributed by atoms with Gasteiger partial charge in [-0.2, -0.15) is 0 Å². The quantitative estimate of drug-likeness (QED) is 0.849. The van der Waals surface area contributed by atoms with Gasteiger partial charge in [-0.25, -0.2) is 4.79 Å². The molecular weight excluding hydrogens is 282 g/mol. The van der Waals surface area contributed by atoms with Gasteiger partial charge in [-0.3, -0.25) is 4.98 Å². The molecule has 0 unspecified atom stereocenters. The van der Waals surface area contributed by atoms with Crippen molar-refractivity contribution in [3.63, 3.8) is 0 Å². The Morgan fingerprint density at radius 1 is 1.55 bits per heavy atom. The van der Waals surface area contributed by atoms with E-state index >= 15 is 0 Å². The first-order valence-electron chi connectivity index (χ1n) is 7.77. The molecule has 0 N–H and O–H groups in total. The highest BCUT2D eigenvalue weighted by Gasteiger charge is 2.47. The summed E-state index contributed by atoms with van der Waals surface area (Å²) in [6, 6.07) is 4.05. The lowest BCUT2D eigenvalue weighted by atomic mass is 10.0. The fourth-order valence-corrected chi connectivity index (χ4v) is 3.22. The Hall–Kier alpha value is -1.66. The summed E-state index contributed by atoms with van der Waals surface area (Å²) in [5, 5.41) is 0. The van der Waals surface area contributed by atoms with Crippen LogP contribution in [0.25, 0.3) is 0 Å². The molecule has 0 aromatic carbocycles. The molecule has 3 atom stereocenters. The van der Waals surface area contributed by atoms with E-state index in [0.717, 1.165) is 25.0 Å². The molecule has 0 bridgehead atoms. The predicted octanol–water partition coefficient (Wildman–Crippen LogP) is 1.51. The molecule has 2 fully saturated rings. The van der Waals surface area contributed by atoms with Gasteiger partial charge in [0.1, 0.15) is 12.2 Å². The average molecular weight is 305 g/mol. The molecule has 0 saturated carbocycles. The van der Waals surface area contributed by atoms with Gasteiger partial charge in [0.05, 0.1) is 19.2 Å². The molecule has 2 aliphatic rings. The second kappa shape index (κ2) is 6.62. The van der Waals surface area contributed by atoms with Gasteiger partial charge in [0.15, 0.2) is 0 Å². The van der Waals surface area contributed by atoms with Crippen molar-refractivity contribution in [3.05, 3.63) is 30.1 Å². The highest BCUT2D eigenvalue weighted by atomic mass is 16.5. The number of pyridine rings is 1. The van der Waals surface area contributed by atoms with E-state index in [1.165, 1.54) is 0 Å². The normalized spacial score (nSPS) is 27.5. The number of hydrogen-bond acceptors (Lipinski definition) is 4. The van der Waals surface area contributed by atoms with Gasteiger partial charge >= 0.3 is 6.03 Å².